The predicted octanol–water partition coefficient (Wildman–Crippen LogP) is 6.84. The average Bonchev–Trinajstić information content (AvgIpc) is 2.88. The second-order valence-corrected chi connectivity index (χ2v) is 9.01. The molecule has 0 aromatic heterocycles. The first kappa shape index (κ1) is 22.4. The summed E-state index contributed by atoms with van der Waals surface area (Å²) in [5.74, 6) is 0.929. The number of methoxy groups -OCH3 is 1. The number of fused-ring (bicyclic) bond motifs is 2. The van der Waals surface area contributed by atoms with Crippen LogP contribution in [0.3, 0.4) is 0 Å². The normalized spacial score (nSPS) is 16.0. The Morgan fingerprint density at radius 2 is 1.74 bits per heavy atom. The lowest BCUT2D eigenvalue weighted by atomic mass is 9.91. The molecular weight excluding hydrogens is 418 g/mol. The summed E-state index contributed by atoms with van der Waals surface area (Å²) in [5.41, 5.74) is 7.30. The van der Waals surface area contributed by atoms with Crippen molar-refractivity contribution in [3.8, 4) is 5.75 Å². The third-order valence-corrected chi connectivity index (χ3v) is 6.68. The Bertz CT molecular complexity index is 1340. The summed E-state index contributed by atoms with van der Waals surface area (Å²) in [4.78, 5) is 0. The van der Waals surface area contributed by atoms with Gasteiger partial charge in [-0.25, -0.2) is 0 Å². The summed E-state index contributed by atoms with van der Waals surface area (Å²) in [5, 5.41) is 6.28. The third kappa shape index (κ3) is 4.50. The Morgan fingerprint density at radius 3 is 2.62 bits per heavy atom. The smallest absolute Gasteiger partial charge is 0.130 e. The van der Waals surface area contributed by atoms with Crippen molar-refractivity contribution in [1.82, 2.24) is 5.32 Å². The lowest BCUT2D eigenvalue weighted by Crippen LogP contribution is -2.33. The number of hydrogen-bond acceptors (Lipinski definition) is 3. The molecule has 34 heavy (non-hydrogen) atoms. The summed E-state index contributed by atoms with van der Waals surface area (Å²) in [7, 11) is 1.74. The molecule has 2 atom stereocenters. The summed E-state index contributed by atoms with van der Waals surface area (Å²) in [6.07, 6.45) is 2.20. The van der Waals surface area contributed by atoms with Crippen molar-refractivity contribution in [2.45, 2.75) is 32.6 Å². The van der Waals surface area contributed by atoms with Crippen molar-refractivity contribution >= 4 is 16.3 Å². The van der Waals surface area contributed by atoms with E-state index in [-0.39, 0.29) is 12.1 Å². The van der Waals surface area contributed by atoms with Crippen molar-refractivity contribution in [3.05, 3.63) is 119 Å². The second-order valence-electron chi connectivity index (χ2n) is 9.01. The zero-order chi connectivity index (χ0) is 23.5. The Hall–Kier alpha value is -3.40. The van der Waals surface area contributed by atoms with Gasteiger partial charge in [0.2, 0.25) is 0 Å². The third-order valence-electron chi connectivity index (χ3n) is 6.68. The van der Waals surface area contributed by atoms with Crippen molar-refractivity contribution < 1.29 is 9.47 Å². The van der Waals surface area contributed by atoms with Crippen molar-refractivity contribution in [3.63, 3.8) is 0 Å². The number of rotatable bonds is 7. The molecule has 1 aliphatic heterocycles. The summed E-state index contributed by atoms with van der Waals surface area (Å²) in [6.45, 7) is 5.68. The van der Waals surface area contributed by atoms with Gasteiger partial charge in [0.05, 0.1) is 6.61 Å². The highest BCUT2D eigenvalue weighted by Crippen LogP contribution is 2.36. The molecule has 0 radical (unpaired) electrons. The topological polar surface area (TPSA) is 30.5 Å². The minimum absolute atomic E-state index is 0.0606. The molecule has 0 saturated carbocycles. The molecule has 0 saturated heterocycles. The fourth-order valence-electron chi connectivity index (χ4n) is 4.80. The Kier molecular flexibility index (Phi) is 6.48. The van der Waals surface area contributed by atoms with Gasteiger partial charge >= 0.3 is 0 Å². The number of benzene rings is 4. The zero-order valence-corrected chi connectivity index (χ0v) is 20.0. The van der Waals surface area contributed by atoms with E-state index in [1.54, 1.807) is 7.11 Å². The fourth-order valence-corrected chi connectivity index (χ4v) is 4.80. The zero-order valence-electron chi connectivity index (χ0n) is 20.0. The van der Waals surface area contributed by atoms with E-state index in [4.69, 9.17) is 9.47 Å². The van der Waals surface area contributed by atoms with Crippen LogP contribution in [-0.2, 0) is 11.3 Å². The molecular formula is C31H31NO2. The first-order chi connectivity index (χ1) is 16.6. The predicted molar refractivity (Wildman–Crippen MR) is 140 cm³/mol. The van der Waals surface area contributed by atoms with Crippen molar-refractivity contribution in [2.75, 3.05) is 13.7 Å². The van der Waals surface area contributed by atoms with Gasteiger partial charge in [-0.2, -0.15) is 0 Å². The standard InChI is InChI=1S/C31H31NO2/c1-21-15-16-24(17-25(21)20-33-3)30-18-26(34-31-14-7-6-12-29(30)31)19-32-22(2)27-13-8-10-23-9-4-5-11-28(23)27/h4-18,22,26,32H,19-20H2,1-3H3/t22-,26-/m1/s1. The lowest BCUT2D eigenvalue weighted by Gasteiger charge is -2.28. The van der Waals surface area contributed by atoms with Crippen LogP contribution in [0.1, 0.15) is 40.8 Å². The fraction of sp³-hybridized carbons (Fsp3) is 0.226. The molecule has 0 unspecified atom stereocenters. The van der Waals surface area contributed by atoms with Crippen molar-refractivity contribution in [2.24, 2.45) is 0 Å². The van der Waals surface area contributed by atoms with Crippen LogP contribution >= 0.6 is 0 Å². The van der Waals surface area contributed by atoms with Crippen LogP contribution in [-0.4, -0.2) is 19.8 Å². The van der Waals surface area contributed by atoms with Crippen LogP contribution < -0.4 is 10.1 Å². The molecule has 0 aliphatic carbocycles. The maximum absolute atomic E-state index is 6.40. The molecule has 4 aromatic carbocycles. The molecule has 0 fully saturated rings. The van der Waals surface area contributed by atoms with E-state index in [0.29, 0.717) is 6.61 Å². The molecule has 3 heteroatoms. The van der Waals surface area contributed by atoms with Gasteiger partial charge in [0.1, 0.15) is 11.9 Å². The molecule has 4 aromatic rings. The molecule has 1 N–H and O–H groups in total. The van der Waals surface area contributed by atoms with E-state index in [1.165, 1.54) is 38.6 Å². The average molecular weight is 450 g/mol. The minimum Gasteiger partial charge on any atom is -0.484 e. The number of nitrogens with one attached hydrogen (secondary N) is 1. The Balaban J connectivity index is 1.42. The number of aryl methyl sites for hydroxylation is 1. The van der Waals surface area contributed by atoms with E-state index in [2.05, 4.69) is 104 Å². The van der Waals surface area contributed by atoms with Crippen LogP contribution in [0.4, 0.5) is 0 Å². The molecule has 0 spiro atoms. The van der Waals surface area contributed by atoms with Crippen LogP contribution in [0.2, 0.25) is 0 Å². The quantitative estimate of drug-likeness (QED) is 0.335. The number of ether oxygens (including phenoxy) is 2. The summed E-state index contributed by atoms with van der Waals surface area (Å²) >= 11 is 0. The Labute approximate surface area is 202 Å². The van der Waals surface area contributed by atoms with Crippen LogP contribution in [0.25, 0.3) is 16.3 Å². The monoisotopic (exact) mass is 449 g/mol. The molecule has 1 aliphatic rings. The largest absolute Gasteiger partial charge is 0.484 e. The molecule has 172 valence electrons. The van der Waals surface area contributed by atoms with E-state index >= 15 is 0 Å². The van der Waals surface area contributed by atoms with Gasteiger partial charge < -0.3 is 14.8 Å². The van der Waals surface area contributed by atoms with Gasteiger partial charge in [-0.05, 0) is 70.7 Å². The minimum atomic E-state index is -0.0606. The van der Waals surface area contributed by atoms with Crippen molar-refractivity contribution in [1.29, 1.82) is 0 Å². The van der Waals surface area contributed by atoms with Gasteiger partial charge in [0.15, 0.2) is 0 Å². The van der Waals surface area contributed by atoms with Crippen LogP contribution in [0.5, 0.6) is 5.75 Å². The molecule has 0 amide bonds. The molecule has 3 nitrogen and oxygen atoms in total. The van der Waals surface area contributed by atoms with Gasteiger partial charge in [-0.1, -0.05) is 72.8 Å². The van der Waals surface area contributed by atoms with Gasteiger partial charge in [-0.3, -0.25) is 0 Å². The SMILES string of the molecule is COCc1cc(C2=C[C@H](CN[C@H](C)c3cccc4ccccc34)Oc3ccccc32)ccc1C. The summed E-state index contributed by atoms with van der Waals surface area (Å²) in [6, 6.07) is 30.2. The van der Waals surface area contributed by atoms with E-state index in [9.17, 15) is 0 Å². The highest BCUT2D eigenvalue weighted by molar-refractivity contribution is 5.86. The van der Waals surface area contributed by atoms with Crippen LogP contribution in [0, 0.1) is 6.92 Å². The maximum Gasteiger partial charge on any atom is 0.130 e. The molecule has 5 rings (SSSR count). The highest BCUT2D eigenvalue weighted by Gasteiger charge is 2.22. The first-order valence-electron chi connectivity index (χ1n) is 11.9. The second kappa shape index (κ2) is 9.84. The van der Waals surface area contributed by atoms with E-state index < -0.39 is 0 Å². The van der Waals surface area contributed by atoms with E-state index in [0.717, 1.165) is 17.9 Å². The summed E-state index contributed by atoms with van der Waals surface area (Å²) < 4.78 is 11.8. The number of para-hydroxylation sites is 1. The molecule has 1 heterocycles. The van der Waals surface area contributed by atoms with Crippen LogP contribution in [0.15, 0.2) is 91.0 Å². The Morgan fingerprint density at radius 1 is 0.941 bits per heavy atom. The van der Waals surface area contributed by atoms with Gasteiger partial charge in [-0.15, -0.1) is 0 Å². The lowest BCUT2D eigenvalue weighted by molar-refractivity contribution is 0.184. The molecule has 0 bridgehead atoms. The highest BCUT2D eigenvalue weighted by atomic mass is 16.5. The number of hydrogen-bond donors (Lipinski definition) is 1. The first-order valence-corrected chi connectivity index (χ1v) is 11.9. The van der Waals surface area contributed by atoms with Gasteiger partial charge in [0.25, 0.3) is 0 Å². The van der Waals surface area contributed by atoms with E-state index in [1.807, 2.05) is 6.07 Å². The van der Waals surface area contributed by atoms with Gasteiger partial charge in [0, 0.05) is 25.3 Å². The maximum atomic E-state index is 6.40.